The van der Waals surface area contributed by atoms with Crippen LogP contribution >= 0.6 is 31.9 Å². The minimum atomic E-state index is -0.196. The van der Waals surface area contributed by atoms with E-state index in [0.717, 1.165) is 6.42 Å². The highest BCUT2D eigenvalue weighted by molar-refractivity contribution is 9.12. The average Bonchev–Trinajstić information content (AvgIpc) is 3.10. The van der Waals surface area contributed by atoms with Crippen LogP contribution in [0, 0.1) is 23.7 Å². The standard InChI is InChI=1S/C11H10Br2N4O2/c12-8-4-1-5(9(8)13)7-6(4)10(18)17(11(7)19)16-2-14-15-3-16/h2-9H,1H2/t4-,5+,6-,7+,8-,9+. The van der Waals surface area contributed by atoms with Crippen LogP contribution in [0.15, 0.2) is 12.7 Å². The zero-order chi connectivity index (χ0) is 13.3. The molecule has 0 radical (unpaired) electrons. The van der Waals surface area contributed by atoms with Gasteiger partial charge in [-0.2, -0.15) is 5.01 Å². The Morgan fingerprint density at radius 3 is 1.95 bits per heavy atom. The van der Waals surface area contributed by atoms with Crippen molar-refractivity contribution in [3.8, 4) is 0 Å². The SMILES string of the molecule is O=C1[C@@H]2[C@H]3C[C@H]([C@H](Br)[C@@H]3Br)[C@@H]2C(=O)N1n1cnnc1. The number of halogens is 2. The molecule has 0 spiro atoms. The number of hydrogen-bond acceptors (Lipinski definition) is 4. The fourth-order valence-electron chi connectivity index (χ4n) is 3.86. The summed E-state index contributed by atoms with van der Waals surface area (Å²) in [6.07, 6.45) is 3.71. The topological polar surface area (TPSA) is 68.1 Å². The van der Waals surface area contributed by atoms with Crippen LogP contribution < -0.4 is 5.01 Å². The third-order valence-corrected chi connectivity index (χ3v) is 7.81. The first-order chi connectivity index (χ1) is 9.11. The number of rotatable bonds is 1. The van der Waals surface area contributed by atoms with Crippen LogP contribution in [-0.4, -0.2) is 36.3 Å². The lowest BCUT2D eigenvalue weighted by Crippen LogP contribution is -2.41. The fraction of sp³-hybridized carbons (Fsp3) is 0.636. The first-order valence-corrected chi connectivity index (χ1v) is 7.95. The van der Waals surface area contributed by atoms with Crippen molar-refractivity contribution in [1.29, 1.82) is 0 Å². The number of amides is 2. The Bertz CT molecular complexity index is 531. The average molecular weight is 390 g/mol. The summed E-state index contributed by atoms with van der Waals surface area (Å²) in [5, 5.41) is 8.52. The monoisotopic (exact) mass is 388 g/mol. The Hall–Kier alpha value is -0.760. The maximum absolute atomic E-state index is 12.5. The third-order valence-electron chi connectivity index (χ3n) is 4.60. The highest BCUT2D eigenvalue weighted by Crippen LogP contribution is 2.59. The van der Waals surface area contributed by atoms with Crippen molar-refractivity contribution >= 4 is 43.7 Å². The van der Waals surface area contributed by atoms with E-state index in [9.17, 15) is 9.59 Å². The Morgan fingerprint density at radius 2 is 1.47 bits per heavy atom. The molecule has 8 heteroatoms. The summed E-state index contributed by atoms with van der Waals surface area (Å²) < 4.78 is 1.38. The van der Waals surface area contributed by atoms with Gasteiger partial charge in [0.25, 0.3) is 11.8 Å². The summed E-state index contributed by atoms with van der Waals surface area (Å²) in [6, 6.07) is 0. The molecule has 0 unspecified atom stereocenters. The molecule has 0 N–H and O–H groups in total. The van der Waals surface area contributed by atoms with E-state index in [1.807, 2.05) is 0 Å². The van der Waals surface area contributed by atoms with E-state index in [2.05, 4.69) is 42.1 Å². The van der Waals surface area contributed by atoms with Crippen LogP contribution in [0.2, 0.25) is 0 Å². The number of nitrogens with zero attached hydrogens (tertiary/aromatic N) is 4. The third kappa shape index (κ3) is 1.36. The summed E-state index contributed by atoms with van der Waals surface area (Å²) in [4.78, 5) is 25.6. The normalized spacial score (nSPS) is 44.2. The van der Waals surface area contributed by atoms with E-state index in [0.29, 0.717) is 0 Å². The van der Waals surface area contributed by atoms with Crippen LogP contribution in [0.1, 0.15) is 6.42 Å². The Kier molecular flexibility index (Phi) is 2.45. The molecule has 1 aromatic heterocycles. The summed E-state index contributed by atoms with van der Waals surface area (Å²) in [5.41, 5.74) is 0. The predicted octanol–water partition coefficient (Wildman–Crippen LogP) is 0.692. The van der Waals surface area contributed by atoms with E-state index < -0.39 is 0 Å². The maximum Gasteiger partial charge on any atom is 0.252 e. The summed E-state index contributed by atoms with van der Waals surface area (Å²) in [5.74, 6) is -0.164. The number of imide groups is 1. The van der Waals surface area contributed by atoms with Crippen LogP contribution in [0.4, 0.5) is 0 Å². The van der Waals surface area contributed by atoms with Crippen LogP contribution in [0.3, 0.4) is 0 Å². The summed E-state index contributed by atoms with van der Waals surface area (Å²) in [7, 11) is 0. The van der Waals surface area contributed by atoms with Crippen molar-refractivity contribution in [2.75, 3.05) is 5.01 Å². The molecule has 100 valence electrons. The maximum atomic E-state index is 12.5. The zero-order valence-corrected chi connectivity index (χ0v) is 12.9. The molecule has 3 aliphatic rings. The molecule has 0 aromatic carbocycles. The van der Waals surface area contributed by atoms with E-state index in [1.165, 1.54) is 22.3 Å². The molecule has 2 saturated carbocycles. The van der Waals surface area contributed by atoms with E-state index in [4.69, 9.17) is 0 Å². The number of fused-ring (bicyclic) bond motifs is 5. The van der Waals surface area contributed by atoms with Gasteiger partial charge in [0.15, 0.2) is 0 Å². The minimum Gasteiger partial charge on any atom is -0.272 e. The van der Waals surface area contributed by atoms with Crippen molar-refractivity contribution in [1.82, 2.24) is 14.9 Å². The molecule has 2 bridgehead atoms. The van der Waals surface area contributed by atoms with Gasteiger partial charge in [-0.1, -0.05) is 31.9 Å². The number of aromatic nitrogens is 3. The second-order valence-corrected chi connectivity index (χ2v) is 7.45. The van der Waals surface area contributed by atoms with Gasteiger partial charge in [-0.3, -0.25) is 9.59 Å². The number of alkyl halides is 2. The molecule has 1 aromatic rings. The van der Waals surface area contributed by atoms with Crippen molar-refractivity contribution in [2.45, 2.75) is 16.1 Å². The second kappa shape index (κ2) is 3.88. The van der Waals surface area contributed by atoms with Gasteiger partial charge in [-0.25, -0.2) is 4.68 Å². The quantitative estimate of drug-likeness (QED) is 0.523. The van der Waals surface area contributed by atoms with Gasteiger partial charge in [-0.15, -0.1) is 10.2 Å². The molecule has 1 saturated heterocycles. The van der Waals surface area contributed by atoms with Gasteiger partial charge in [0.1, 0.15) is 12.7 Å². The van der Waals surface area contributed by atoms with Gasteiger partial charge >= 0.3 is 0 Å². The Balaban J connectivity index is 1.76. The molecule has 2 amide bonds. The van der Waals surface area contributed by atoms with Crippen LogP contribution in [0.5, 0.6) is 0 Å². The highest BCUT2D eigenvalue weighted by atomic mass is 79.9. The van der Waals surface area contributed by atoms with Gasteiger partial charge in [0.05, 0.1) is 11.8 Å². The highest BCUT2D eigenvalue weighted by Gasteiger charge is 2.66. The lowest BCUT2D eigenvalue weighted by Gasteiger charge is -2.28. The molecule has 2 heterocycles. The second-order valence-electron chi connectivity index (χ2n) is 5.33. The molecule has 6 nitrogen and oxygen atoms in total. The van der Waals surface area contributed by atoms with E-state index in [-0.39, 0.29) is 45.1 Å². The van der Waals surface area contributed by atoms with Gasteiger partial charge in [0, 0.05) is 9.65 Å². The first kappa shape index (κ1) is 12.0. The number of carbonyl (C=O) groups is 2. The van der Waals surface area contributed by atoms with Crippen molar-refractivity contribution in [3.05, 3.63) is 12.7 Å². The molecule has 1 aliphatic heterocycles. The Morgan fingerprint density at radius 1 is 1.00 bits per heavy atom. The van der Waals surface area contributed by atoms with Gasteiger partial charge in [0.2, 0.25) is 0 Å². The van der Waals surface area contributed by atoms with Crippen molar-refractivity contribution in [2.24, 2.45) is 23.7 Å². The zero-order valence-electron chi connectivity index (χ0n) is 9.69. The van der Waals surface area contributed by atoms with Gasteiger partial charge < -0.3 is 0 Å². The largest absolute Gasteiger partial charge is 0.272 e. The van der Waals surface area contributed by atoms with Gasteiger partial charge in [-0.05, 0) is 18.3 Å². The first-order valence-electron chi connectivity index (χ1n) is 6.12. The molecule has 4 rings (SSSR count). The van der Waals surface area contributed by atoms with E-state index in [1.54, 1.807) is 0 Å². The Labute approximate surface area is 125 Å². The fourth-order valence-corrected chi connectivity index (χ4v) is 5.73. The van der Waals surface area contributed by atoms with Crippen LogP contribution in [-0.2, 0) is 9.59 Å². The van der Waals surface area contributed by atoms with Crippen molar-refractivity contribution < 1.29 is 9.59 Å². The molecule has 19 heavy (non-hydrogen) atoms. The minimum absolute atomic E-state index is 0.119. The van der Waals surface area contributed by atoms with E-state index >= 15 is 0 Å². The molecular formula is C11H10Br2N4O2. The molecule has 3 fully saturated rings. The summed E-state index contributed by atoms with van der Waals surface area (Å²) >= 11 is 7.31. The van der Waals surface area contributed by atoms with Crippen molar-refractivity contribution in [3.63, 3.8) is 0 Å². The summed E-state index contributed by atoms with van der Waals surface area (Å²) in [6.45, 7) is 0. The lowest BCUT2D eigenvalue weighted by atomic mass is 9.81. The number of carbonyl (C=O) groups excluding carboxylic acids is 2. The molecule has 6 atom stereocenters. The molecular weight excluding hydrogens is 380 g/mol. The lowest BCUT2D eigenvalue weighted by molar-refractivity contribution is -0.125. The molecule has 2 aliphatic carbocycles. The number of hydrogen-bond donors (Lipinski definition) is 0. The smallest absolute Gasteiger partial charge is 0.252 e. The predicted molar refractivity (Wildman–Crippen MR) is 72.3 cm³/mol. The van der Waals surface area contributed by atoms with Crippen LogP contribution in [0.25, 0.3) is 0 Å².